The predicted molar refractivity (Wildman–Crippen MR) is 65.6 cm³/mol. The smallest absolute Gasteiger partial charge is 0.307 e. The van der Waals surface area contributed by atoms with E-state index in [0.29, 0.717) is 6.42 Å². The normalized spacial score (nSPS) is 12.4. The first-order valence-corrected chi connectivity index (χ1v) is 6.03. The van der Waals surface area contributed by atoms with Gasteiger partial charge in [0.1, 0.15) is 0 Å². The number of imidazole rings is 1. The summed E-state index contributed by atoms with van der Waals surface area (Å²) in [6.07, 6.45) is 4.99. The van der Waals surface area contributed by atoms with E-state index in [2.05, 4.69) is 21.8 Å². The number of nitrogens with one attached hydrogen (secondary N) is 1. The van der Waals surface area contributed by atoms with Crippen LogP contribution >= 0.6 is 0 Å². The zero-order valence-electron chi connectivity index (χ0n) is 10.8. The van der Waals surface area contributed by atoms with Crippen molar-refractivity contribution in [2.45, 2.75) is 39.3 Å². The molecule has 0 saturated heterocycles. The number of carbonyl (C=O) groups is 1. The molecule has 1 N–H and O–H groups in total. The molecule has 1 unspecified atom stereocenters. The summed E-state index contributed by atoms with van der Waals surface area (Å²) in [6, 6.07) is -0.0264. The Morgan fingerprint density at radius 3 is 2.94 bits per heavy atom. The van der Waals surface area contributed by atoms with Crippen LogP contribution < -0.4 is 5.32 Å². The third-order valence-electron chi connectivity index (χ3n) is 2.62. The first-order valence-electron chi connectivity index (χ1n) is 6.03. The van der Waals surface area contributed by atoms with E-state index in [1.54, 1.807) is 6.33 Å². The van der Waals surface area contributed by atoms with Crippen molar-refractivity contribution in [2.75, 3.05) is 13.7 Å². The number of carbonyl (C=O) groups excluding carboxylic acids is 1. The van der Waals surface area contributed by atoms with Gasteiger partial charge < -0.3 is 14.6 Å². The molecule has 5 nitrogen and oxygen atoms in total. The second-order valence-corrected chi connectivity index (χ2v) is 3.90. The van der Waals surface area contributed by atoms with Crippen LogP contribution in [0.15, 0.2) is 12.5 Å². The lowest BCUT2D eigenvalue weighted by Crippen LogP contribution is -2.26. The van der Waals surface area contributed by atoms with E-state index in [0.717, 1.165) is 25.2 Å². The molecule has 0 aliphatic heterocycles. The number of hydrogen-bond acceptors (Lipinski definition) is 4. The summed E-state index contributed by atoms with van der Waals surface area (Å²) < 4.78 is 6.80. The summed E-state index contributed by atoms with van der Waals surface area (Å²) in [5, 5.41) is 3.29. The standard InChI is InChI=1S/C12H21N3O2/c1-4-6-15-9-13-8-11(15)10(14-5-2)7-12(16)17-3/h8-10,14H,4-7H2,1-3H3. The lowest BCUT2D eigenvalue weighted by Gasteiger charge is -2.18. The molecular weight excluding hydrogens is 218 g/mol. The molecule has 0 aliphatic carbocycles. The van der Waals surface area contributed by atoms with Gasteiger partial charge in [-0.25, -0.2) is 4.98 Å². The lowest BCUT2D eigenvalue weighted by atomic mass is 10.1. The molecule has 0 spiro atoms. The van der Waals surface area contributed by atoms with Crippen molar-refractivity contribution in [3.05, 3.63) is 18.2 Å². The second-order valence-electron chi connectivity index (χ2n) is 3.90. The first-order chi connectivity index (χ1) is 8.22. The van der Waals surface area contributed by atoms with Crippen LogP contribution in [-0.2, 0) is 16.1 Å². The number of aromatic nitrogens is 2. The number of esters is 1. The number of nitrogens with zero attached hydrogens (tertiary/aromatic N) is 2. The van der Waals surface area contributed by atoms with E-state index in [9.17, 15) is 4.79 Å². The molecule has 1 heterocycles. The summed E-state index contributed by atoms with van der Waals surface area (Å²) in [6.45, 7) is 5.86. The lowest BCUT2D eigenvalue weighted by molar-refractivity contribution is -0.141. The number of aryl methyl sites for hydroxylation is 1. The summed E-state index contributed by atoms with van der Waals surface area (Å²) in [5.74, 6) is -0.208. The van der Waals surface area contributed by atoms with Crippen LogP contribution in [0.5, 0.6) is 0 Å². The summed E-state index contributed by atoms with van der Waals surface area (Å²) >= 11 is 0. The number of rotatable bonds is 7. The fraction of sp³-hybridized carbons (Fsp3) is 0.667. The number of methoxy groups -OCH3 is 1. The second kappa shape index (κ2) is 7.06. The fourth-order valence-corrected chi connectivity index (χ4v) is 1.83. The van der Waals surface area contributed by atoms with Crippen molar-refractivity contribution in [3.63, 3.8) is 0 Å². The van der Waals surface area contributed by atoms with Crippen LogP contribution in [0.4, 0.5) is 0 Å². The van der Waals surface area contributed by atoms with Crippen molar-refractivity contribution >= 4 is 5.97 Å². The van der Waals surface area contributed by atoms with Gasteiger partial charge in [0, 0.05) is 12.7 Å². The zero-order chi connectivity index (χ0) is 12.7. The molecule has 1 atom stereocenters. The van der Waals surface area contributed by atoms with Gasteiger partial charge in [-0.1, -0.05) is 13.8 Å². The molecule has 0 bridgehead atoms. The maximum absolute atomic E-state index is 11.4. The van der Waals surface area contributed by atoms with Gasteiger partial charge in [0.15, 0.2) is 0 Å². The monoisotopic (exact) mass is 239 g/mol. The summed E-state index contributed by atoms with van der Waals surface area (Å²) in [5.41, 5.74) is 1.04. The van der Waals surface area contributed by atoms with Crippen LogP contribution in [0.1, 0.15) is 38.4 Å². The molecule has 96 valence electrons. The summed E-state index contributed by atoms with van der Waals surface area (Å²) in [7, 11) is 1.41. The number of hydrogen-bond donors (Lipinski definition) is 1. The first kappa shape index (κ1) is 13.7. The van der Waals surface area contributed by atoms with Crippen molar-refractivity contribution in [2.24, 2.45) is 0 Å². The molecule has 0 radical (unpaired) electrons. The topological polar surface area (TPSA) is 56.2 Å². The molecule has 1 aromatic rings. The van der Waals surface area contributed by atoms with Crippen molar-refractivity contribution < 1.29 is 9.53 Å². The molecule has 0 amide bonds. The van der Waals surface area contributed by atoms with Gasteiger partial charge in [0.2, 0.25) is 0 Å². The van der Waals surface area contributed by atoms with E-state index in [1.807, 2.05) is 13.1 Å². The maximum atomic E-state index is 11.4. The van der Waals surface area contributed by atoms with Gasteiger partial charge >= 0.3 is 5.97 Å². The maximum Gasteiger partial charge on any atom is 0.307 e. The minimum absolute atomic E-state index is 0.0264. The average molecular weight is 239 g/mol. The molecule has 17 heavy (non-hydrogen) atoms. The van der Waals surface area contributed by atoms with E-state index in [1.165, 1.54) is 7.11 Å². The molecule has 0 aliphatic rings. The Hall–Kier alpha value is -1.36. The Morgan fingerprint density at radius 2 is 2.35 bits per heavy atom. The van der Waals surface area contributed by atoms with Gasteiger partial charge in [0.05, 0.1) is 31.6 Å². The molecule has 5 heteroatoms. The van der Waals surface area contributed by atoms with E-state index in [4.69, 9.17) is 4.74 Å². The van der Waals surface area contributed by atoms with Crippen molar-refractivity contribution in [1.29, 1.82) is 0 Å². The van der Waals surface area contributed by atoms with Gasteiger partial charge in [-0.15, -0.1) is 0 Å². The molecule has 0 aromatic carbocycles. The Morgan fingerprint density at radius 1 is 1.59 bits per heavy atom. The number of ether oxygens (including phenoxy) is 1. The minimum Gasteiger partial charge on any atom is -0.469 e. The van der Waals surface area contributed by atoms with Gasteiger partial charge in [-0.3, -0.25) is 4.79 Å². The van der Waals surface area contributed by atoms with Gasteiger partial charge in [0.25, 0.3) is 0 Å². The molecule has 1 rings (SSSR count). The quantitative estimate of drug-likeness (QED) is 0.733. The Bertz CT molecular complexity index is 349. The largest absolute Gasteiger partial charge is 0.469 e. The molecule has 0 fully saturated rings. The van der Waals surface area contributed by atoms with E-state index >= 15 is 0 Å². The van der Waals surface area contributed by atoms with E-state index < -0.39 is 0 Å². The summed E-state index contributed by atoms with van der Waals surface area (Å²) in [4.78, 5) is 15.5. The minimum atomic E-state index is -0.208. The highest BCUT2D eigenvalue weighted by Gasteiger charge is 2.18. The SMILES string of the molecule is CCCn1cncc1C(CC(=O)OC)NCC. The highest BCUT2D eigenvalue weighted by atomic mass is 16.5. The highest BCUT2D eigenvalue weighted by Crippen LogP contribution is 2.17. The van der Waals surface area contributed by atoms with Crippen LogP contribution in [0.25, 0.3) is 0 Å². The Kier molecular flexibility index (Phi) is 5.69. The highest BCUT2D eigenvalue weighted by molar-refractivity contribution is 5.70. The van der Waals surface area contributed by atoms with Crippen molar-refractivity contribution in [3.8, 4) is 0 Å². The van der Waals surface area contributed by atoms with Gasteiger partial charge in [-0.2, -0.15) is 0 Å². The van der Waals surface area contributed by atoms with Crippen LogP contribution in [0.2, 0.25) is 0 Å². The fourth-order valence-electron chi connectivity index (χ4n) is 1.83. The molecule has 1 aromatic heterocycles. The Labute approximate surface area is 102 Å². The molecular formula is C12H21N3O2. The van der Waals surface area contributed by atoms with E-state index in [-0.39, 0.29) is 12.0 Å². The van der Waals surface area contributed by atoms with Crippen LogP contribution in [-0.4, -0.2) is 29.2 Å². The third-order valence-corrected chi connectivity index (χ3v) is 2.62. The van der Waals surface area contributed by atoms with Crippen LogP contribution in [0.3, 0.4) is 0 Å². The zero-order valence-corrected chi connectivity index (χ0v) is 10.8. The molecule has 0 saturated carbocycles. The predicted octanol–water partition coefficient (Wildman–Crippen LogP) is 1.51. The Balaban J connectivity index is 2.80. The third kappa shape index (κ3) is 3.85. The van der Waals surface area contributed by atoms with Crippen LogP contribution in [0, 0.1) is 0 Å². The average Bonchev–Trinajstić information content (AvgIpc) is 2.77. The van der Waals surface area contributed by atoms with Gasteiger partial charge in [-0.05, 0) is 13.0 Å². The van der Waals surface area contributed by atoms with Crippen molar-refractivity contribution in [1.82, 2.24) is 14.9 Å².